The predicted octanol–water partition coefficient (Wildman–Crippen LogP) is 2.15. The van der Waals surface area contributed by atoms with Crippen molar-refractivity contribution in [1.29, 1.82) is 0 Å². The molecule has 182 valence electrons. The van der Waals surface area contributed by atoms with Gasteiger partial charge in [-0.1, -0.05) is 21.6 Å². The van der Waals surface area contributed by atoms with Gasteiger partial charge < -0.3 is 30.3 Å². The lowest BCUT2D eigenvalue weighted by Crippen LogP contribution is -2.43. The number of carbonyl (C=O) groups excluding carboxylic acids is 2. The Balaban J connectivity index is 1.86. The second-order valence-electron chi connectivity index (χ2n) is 6.75. The maximum Gasteiger partial charge on any atom is 0.327 e. The number of carboxylic acid groups (broad SMARTS) is 2. The van der Waals surface area contributed by atoms with E-state index in [1.807, 2.05) is 0 Å². The number of rotatable bonds is 13. The Hall–Kier alpha value is -3.38. The molecule has 0 radical (unpaired) electrons. The third-order valence-electron chi connectivity index (χ3n) is 4.46. The van der Waals surface area contributed by atoms with Crippen molar-refractivity contribution < 1.29 is 38.9 Å². The van der Waals surface area contributed by atoms with E-state index in [-0.39, 0.29) is 22.6 Å². The highest BCUT2D eigenvalue weighted by molar-refractivity contribution is 8.76. The van der Waals surface area contributed by atoms with Crippen LogP contribution in [0, 0.1) is 0 Å². The summed E-state index contributed by atoms with van der Waals surface area (Å²) >= 11 is 0. The number of aliphatic carboxylic acids is 2. The topological polar surface area (TPSA) is 151 Å². The van der Waals surface area contributed by atoms with Gasteiger partial charge in [-0.15, -0.1) is 0 Å². The summed E-state index contributed by atoms with van der Waals surface area (Å²) in [6.07, 6.45) is 0. The summed E-state index contributed by atoms with van der Waals surface area (Å²) in [5.74, 6) is -2.47. The SMILES string of the molecule is COc1ccc(C(=O)N[C@@H](CSSC[C@H](NC(=O)c2ccc(OC)cc2)C(=O)O)C(=O)O)cc1. The Morgan fingerprint density at radius 2 is 1.03 bits per heavy atom. The third kappa shape index (κ3) is 8.19. The minimum absolute atomic E-state index is 0.0132. The number of methoxy groups -OCH3 is 2. The first-order valence-corrected chi connectivity index (χ1v) is 12.3. The van der Waals surface area contributed by atoms with Gasteiger partial charge in [0.1, 0.15) is 23.6 Å². The molecule has 2 rings (SSSR count). The van der Waals surface area contributed by atoms with Crippen molar-refractivity contribution in [2.75, 3.05) is 25.7 Å². The third-order valence-corrected chi connectivity index (χ3v) is 6.89. The van der Waals surface area contributed by atoms with Gasteiger partial charge in [-0.2, -0.15) is 0 Å². The summed E-state index contributed by atoms with van der Waals surface area (Å²) in [5.41, 5.74) is 0.550. The molecular formula is C22H24N2O8S2. The summed E-state index contributed by atoms with van der Waals surface area (Å²) in [6.45, 7) is 0. The molecule has 0 unspecified atom stereocenters. The van der Waals surface area contributed by atoms with Gasteiger partial charge in [0.2, 0.25) is 0 Å². The molecular weight excluding hydrogens is 484 g/mol. The van der Waals surface area contributed by atoms with Crippen molar-refractivity contribution in [3.63, 3.8) is 0 Å². The molecule has 0 aromatic heterocycles. The highest BCUT2D eigenvalue weighted by Gasteiger charge is 2.24. The van der Waals surface area contributed by atoms with Crippen molar-refractivity contribution in [2.45, 2.75) is 12.1 Å². The minimum atomic E-state index is -1.22. The van der Waals surface area contributed by atoms with Gasteiger partial charge in [0.25, 0.3) is 11.8 Å². The van der Waals surface area contributed by atoms with Crippen LogP contribution in [-0.2, 0) is 9.59 Å². The molecule has 0 aliphatic rings. The summed E-state index contributed by atoms with van der Waals surface area (Å²) in [6, 6.07) is 10.0. The molecule has 0 heterocycles. The standard InChI is InChI=1S/C22H24N2O8S2/c1-31-15-7-3-13(4-8-15)19(25)23-17(21(27)28)11-33-34-12-18(22(29)30)24-20(26)14-5-9-16(32-2)10-6-14/h3-10,17-18H,11-12H2,1-2H3,(H,23,25)(H,24,26)(H,27,28)(H,29,30)/t17-,18-/m0/s1. The zero-order valence-electron chi connectivity index (χ0n) is 18.3. The largest absolute Gasteiger partial charge is 0.497 e. The van der Waals surface area contributed by atoms with E-state index in [0.29, 0.717) is 11.5 Å². The maximum absolute atomic E-state index is 12.3. The lowest BCUT2D eigenvalue weighted by molar-refractivity contribution is -0.139. The lowest BCUT2D eigenvalue weighted by Gasteiger charge is -2.16. The Morgan fingerprint density at radius 1 is 0.706 bits per heavy atom. The molecule has 4 N–H and O–H groups in total. The van der Waals surface area contributed by atoms with E-state index in [0.717, 1.165) is 21.6 Å². The van der Waals surface area contributed by atoms with Crippen molar-refractivity contribution >= 4 is 45.3 Å². The molecule has 10 nitrogen and oxygen atoms in total. The molecule has 0 saturated heterocycles. The predicted molar refractivity (Wildman–Crippen MR) is 129 cm³/mol. The van der Waals surface area contributed by atoms with E-state index >= 15 is 0 Å². The molecule has 34 heavy (non-hydrogen) atoms. The smallest absolute Gasteiger partial charge is 0.327 e. The highest BCUT2D eigenvalue weighted by Crippen LogP contribution is 2.23. The van der Waals surface area contributed by atoms with Crippen LogP contribution in [0.4, 0.5) is 0 Å². The average Bonchev–Trinajstić information content (AvgIpc) is 2.84. The van der Waals surface area contributed by atoms with Crippen LogP contribution in [0.2, 0.25) is 0 Å². The second-order valence-corrected chi connectivity index (χ2v) is 9.31. The van der Waals surface area contributed by atoms with Gasteiger partial charge in [0.05, 0.1) is 14.2 Å². The summed E-state index contributed by atoms with van der Waals surface area (Å²) in [4.78, 5) is 47.7. The molecule has 0 aliphatic heterocycles. The van der Waals surface area contributed by atoms with Crippen molar-refractivity contribution in [3.8, 4) is 11.5 Å². The number of carbonyl (C=O) groups is 4. The van der Waals surface area contributed by atoms with E-state index in [1.54, 1.807) is 24.3 Å². The zero-order valence-corrected chi connectivity index (χ0v) is 20.0. The second kappa shape index (κ2) is 13.4. The minimum Gasteiger partial charge on any atom is -0.497 e. The van der Waals surface area contributed by atoms with Crippen LogP contribution in [0.25, 0.3) is 0 Å². The zero-order chi connectivity index (χ0) is 25.1. The molecule has 0 aliphatic carbocycles. The van der Waals surface area contributed by atoms with E-state index in [2.05, 4.69) is 10.6 Å². The van der Waals surface area contributed by atoms with E-state index in [1.165, 1.54) is 38.5 Å². The first kappa shape index (κ1) is 26.9. The molecule has 12 heteroatoms. The summed E-state index contributed by atoms with van der Waals surface area (Å²) in [5, 5.41) is 23.7. The van der Waals surface area contributed by atoms with Crippen LogP contribution in [0.5, 0.6) is 11.5 Å². The van der Waals surface area contributed by atoms with E-state index in [4.69, 9.17) is 9.47 Å². The van der Waals surface area contributed by atoms with Gasteiger partial charge in [0.15, 0.2) is 0 Å². The van der Waals surface area contributed by atoms with Crippen molar-refractivity contribution in [1.82, 2.24) is 10.6 Å². The molecule has 0 fully saturated rings. The van der Waals surface area contributed by atoms with Gasteiger partial charge in [0, 0.05) is 22.6 Å². The lowest BCUT2D eigenvalue weighted by atomic mass is 10.2. The Labute approximate surface area is 203 Å². The first-order valence-electron chi connectivity index (χ1n) is 9.85. The molecule has 0 spiro atoms. The number of carboxylic acids is 2. The highest BCUT2D eigenvalue weighted by atomic mass is 33.1. The molecule has 0 bridgehead atoms. The van der Waals surface area contributed by atoms with Crippen molar-refractivity contribution in [3.05, 3.63) is 59.7 Å². The Morgan fingerprint density at radius 3 is 1.29 bits per heavy atom. The van der Waals surface area contributed by atoms with E-state index in [9.17, 15) is 29.4 Å². The van der Waals surface area contributed by atoms with Crippen LogP contribution in [-0.4, -0.2) is 71.8 Å². The van der Waals surface area contributed by atoms with Gasteiger partial charge in [-0.25, -0.2) is 9.59 Å². The Bertz CT molecular complexity index is 917. The summed E-state index contributed by atoms with van der Waals surface area (Å²) < 4.78 is 10.0. The fraction of sp³-hybridized carbons (Fsp3) is 0.273. The molecule has 2 atom stereocenters. The monoisotopic (exact) mass is 508 g/mol. The fourth-order valence-corrected chi connectivity index (χ4v) is 4.86. The number of amides is 2. The van der Waals surface area contributed by atoms with Gasteiger partial charge in [-0.3, -0.25) is 9.59 Å². The van der Waals surface area contributed by atoms with Crippen LogP contribution in [0.3, 0.4) is 0 Å². The summed E-state index contributed by atoms with van der Waals surface area (Å²) in [7, 11) is 5.13. The maximum atomic E-state index is 12.3. The molecule has 2 aromatic rings. The number of ether oxygens (including phenoxy) is 2. The van der Waals surface area contributed by atoms with Crippen LogP contribution < -0.4 is 20.1 Å². The van der Waals surface area contributed by atoms with Crippen LogP contribution in [0.1, 0.15) is 20.7 Å². The number of hydrogen-bond acceptors (Lipinski definition) is 8. The Kier molecular flexibility index (Phi) is 10.6. The number of hydrogen-bond donors (Lipinski definition) is 4. The normalized spacial score (nSPS) is 12.2. The number of nitrogens with one attached hydrogen (secondary N) is 2. The average molecular weight is 509 g/mol. The molecule has 0 saturated carbocycles. The van der Waals surface area contributed by atoms with Crippen LogP contribution in [0.15, 0.2) is 48.5 Å². The van der Waals surface area contributed by atoms with Gasteiger partial charge >= 0.3 is 11.9 Å². The van der Waals surface area contributed by atoms with Crippen LogP contribution >= 0.6 is 21.6 Å². The fourth-order valence-electron chi connectivity index (χ4n) is 2.55. The quantitative estimate of drug-likeness (QED) is 0.234. The first-order chi connectivity index (χ1) is 16.2. The molecule has 2 amide bonds. The number of benzene rings is 2. The van der Waals surface area contributed by atoms with Crippen molar-refractivity contribution in [2.24, 2.45) is 0 Å². The van der Waals surface area contributed by atoms with Gasteiger partial charge in [-0.05, 0) is 48.5 Å². The van der Waals surface area contributed by atoms with E-state index < -0.39 is 35.8 Å². The molecule has 2 aromatic carbocycles.